The van der Waals surface area contributed by atoms with Gasteiger partial charge in [-0.05, 0) is 56.0 Å². The van der Waals surface area contributed by atoms with Crippen LogP contribution in [0.25, 0.3) is 11.3 Å². The number of aromatic nitrogens is 2. The summed E-state index contributed by atoms with van der Waals surface area (Å²) in [5.41, 5.74) is 2.94. The van der Waals surface area contributed by atoms with Gasteiger partial charge in [0.25, 0.3) is 5.91 Å². The summed E-state index contributed by atoms with van der Waals surface area (Å²) >= 11 is 1.39. The van der Waals surface area contributed by atoms with Crippen LogP contribution in [0.2, 0.25) is 0 Å². The second-order valence-corrected chi connectivity index (χ2v) is 9.63. The molecule has 0 radical (unpaired) electrons. The topological polar surface area (TPSA) is 84.0 Å². The van der Waals surface area contributed by atoms with Crippen LogP contribution in [0.1, 0.15) is 48.3 Å². The number of amides is 2. The van der Waals surface area contributed by atoms with Crippen molar-refractivity contribution in [2.24, 2.45) is 5.92 Å². The first-order chi connectivity index (χ1) is 16.6. The minimum atomic E-state index is -0.207. The Bertz CT molecular complexity index is 1140. The second kappa shape index (κ2) is 11.8. The number of benzene rings is 2. The van der Waals surface area contributed by atoms with Crippen LogP contribution in [-0.4, -0.2) is 34.1 Å². The maximum absolute atomic E-state index is 13.1. The van der Waals surface area contributed by atoms with Crippen LogP contribution in [0, 0.1) is 12.8 Å². The van der Waals surface area contributed by atoms with Gasteiger partial charge in [0, 0.05) is 28.9 Å². The van der Waals surface area contributed by atoms with Crippen molar-refractivity contribution in [2.45, 2.75) is 43.9 Å². The van der Waals surface area contributed by atoms with Crippen molar-refractivity contribution in [3.05, 3.63) is 72.2 Å². The molecule has 6 nitrogen and oxygen atoms in total. The number of anilines is 1. The minimum Gasteiger partial charge on any atom is -0.355 e. The molecular weight excluding hydrogens is 444 g/mol. The van der Waals surface area contributed by atoms with Gasteiger partial charge in [-0.2, -0.15) is 0 Å². The lowest BCUT2D eigenvalue weighted by atomic mass is 9.89. The Morgan fingerprint density at radius 2 is 1.85 bits per heavy atom. The summed E-state index contributed by atoms with van der Waals surface area (Å²) in [5, 5.41) is 6.05. The highest BCUT2D eigenvalue weighted by Gasteiger charge is 2.16. The summed E-state index contributed by atoms with van der Waals surface area (Å²) in [7, 11) is 0. The quantitative estimate of drug-likeness (QED) is 0.422. The lowest BCUT2D eigenvalue weighted by molar-refractivity contribution is -0.118. The Balaban J connectivity index is 1.37. The van der Waals surface area contributed by atoms with E-state index < -0.39 is 0 Å². The zero-order valence-electron chi connectivity index (χ0n) is 19.4. The zero-order chi connectivity index (χ0) is 23.8. The van der Waals surface area contributed by atoms with E-state index in [0.29, 0.717) is 28.7 Å². The molecule has 0 spiro atoms. The van der Waals surface area contributed by atoms with Gasteiger partial charge in [0.2, 0.25) is 5.91 Å². The van der Waals surface area contributed by atoms with Gasteiger partial charge < -0.3 is 10.6 Å². The van der Waals surface area contributed by atoms with E-state index >= 15 is 0 Å². The largest absolute Gasteiger partial charge is 0.355 e. The molecule has 0 atom stereocenters. The van der Waals surface area contributed by atoms with E-state index in [1.165, 1.54) is 43.9 Å². The smallest absolute Gasteiger partial charge is 0.256 e. The molecule has 1 fully saturated rings. The van der Waals surface area contributed by atoms with Gasteiger partial charge in [0.1, 0.15) is 5.82 Å². The molecule has 1 saturated carbocycles. The summed E-state index contributed by atoms with van der Waals surface area (Å²) < 4.78 is 0. The molecule has 1 aliphatic rings. The summed E-state index contributed by atoms with van der Waals surface area (Å²) in [5.74, 6) is 1.39. The van der Waals surface area contributed by atoms with Gasteiger partial charge in [0.15, 0.2) is 0 Å². The predicted octanol–water partition coefficient (Wildman–Crippen LogP) is 5.49. The maximum atomic E-state index is 13.1. The monoisotopic (exact) mass is 474 g/mol. The second-order valence-electron chi connectivity index (χ2n) is 8.62. The van der Waals surface area contributed by atoms with Crippen LogP contribution >= 0.6 is 11.8 Å². The molecule has 176 valence electrons. The molecule has 2 amide bonds. The minimum absolute atomic E-state index is 0.0126. The number of aryl methyl sites for hydroxylation is 1. The summed E-state index contributed by atoms with van der Waals surface area (Å²) in [6.07, 6.45) is 7.97. The Morgan fingerprint density at radius 3 is 2.68 bits per heavy atom. The normalized spacial score (nSPS) is 13.9. The van der Waals surface area contributed by atoms with E-state index in [-0.39, 0.29) is 11.8 Å². The molecular formula is C27H30N4O2S. The molecule has 0 bridgehead atoms. The van der Waals surface area contributed by atoms with E-state index in [4.69, 9.17) is 0 Å². The summed E-state index contributed by atoms with van der Waals surface area (Å²) in [6, 6.07) is 16.8. The molecule has 2 aromatic carbocycles. The molecule has 2 N–H and O–H groups in total. The lowest BCUT2D eigenvalue weighted by Gasteiger charge is -2.21. The predicted molar refractivity (Wildman–Crippen MR) is 137 cm³/mol. The van der Waals surface area contributed by atoms with Gasteiger partial charge in [-0.15, -0.1) is 11.8 Å². The van der Waals surface area contributed by atoms with Crippen LogP contribution in [0.15, 0.2) is 65.7 Å². The Labute approximate surface area is 205 Å². The highest BCUT2D eigenvalue weighted by molar-refractivity contribution is 8.00. The average molecular weight is 475 g/mol. The molecule has 1 heterocycles. The molecule has 0 unspecified atom stereocenters. The lowest BCUT2D eigenvalue weighted by Crippen LogP contribution is -2.31. The fraction of sp³-hybridized carbons (Fsp3) is 0.333. The molecule has 1 aliphatic carbocycles. The third kappa shape index (κ3) is 6.67. The highest BCUT2D eigenvalue weighted by atomic mass is 32.2. The Kier molecular flexibility index (Phi) is 8.31. The van der Waals surface area contributed by atoms with Gasteiger partial charge in [-0.3, -0.25) is 9.59 Å². The highest BCUT2D eigenvalue weighted by Crippen LogP contribution is 2.26. The molecule has 3 aromatic rings. The zero-order valence-corrected chi connectivity index (χ0v) is 20.2. The van der Waals surface area contributed by atoms with Gasteiger partial charge in [-0.25, -0.2) is 9.97 Å². The van der Waals surface area contributed by atoms with Gasteiger partial charge >= 0.3 is 0 Å². The van der Waals surface area contributed by atoms with E-state index in [9.17, 15) is 9.59 Å². The van der Waals surface area contributed by atoms with Gasteiger partial charge in [-0.1, -0.05) is 43.5 Å². The van der Waals surface area contributed by atoms with E-state index in [1.54, 1.807) is 12.3 Å². The molecule has 4 rings (SSSR count). The fourth-order valence-corrected chi connectivity index (χ4v) is 5.08. The standard InChI is InChI=1S/C27H30N4O2S/c1-19-28-15-14-24(30-19)21-10-7-11-22(16-21)31-27(33)23-12-5-6-13-25(23)34-18-26(32)29-17-20-8-3-2-4-9-20/h5-7,10-16,20H,2-4,8-9,17-18H2,1H3,(H,29,32)(H,31,33). The van der Waals surface area contributed by atoms with Crippen LogP contribution in [0.4, 0.5) is 5.69 Å². The number of nitrogens with zero attached hydrogens (tertiary/aromatic N) is 2. The first-order valence-corrected chi connectivity index (χ1v) is 12.8. The number of rotatable bonds is 8. The molecule has 0 aliphatic heterocycles. The van der Waals surface area contributed by atoms with Crippen LogP contribution < -0.4 is 10.6 Å². The third-order valence-electron chi connectivity index (χ3n) is 6.00. The van der Waals surface area contributed by atoms with Crippen molar-refractivity contribution < 1.29 is 9.59 Å². The van der Waals surface area contributed by atoms with Crippen molar-refractivity contribution in [1.82, 2.24) is 15.3 Å². The number of thioether (sulfide) groups is 1. The van der Waals surface area contributed by atoms with Crippen LogP contribution in [-0.2, 0) is 4.79 Å². The molecule has 0 saturated heterocycles. The van der Waals surface area contributed by atoms with E-state index in [2.05, 4.69) is 20.6 Å². The fourth-order valence-electron chi connectivity index (χ4n) is 4.20. The summed E-state index contributed by atoms with van der Waals surface area (Å²) in [4.78, 5) is 34.8. The average Bonchev–Trinajstić information content (AvgIpc) is 2.87. The number of nitrogens with one attached hydrogen (secondary N) is 2. The number of hydrogen-bond donors (Lipinski definition) is 2. The SMILES string of the molecule is Cc1nccc(-c2cccc(NC(=O)c3ccccc3SCC(=O)NCC3CCCCC3)c2)n1. The van der Waals surface area contributed by atoms with E-state index in [0.717, 1.165) is 22.7 Å². The van der Waals surface area contributed by atoms with E-state index in [1.807, 2.05) is 55.5 Å². The van der Waals surface area contributed by atoms with Crippen molar-refractivity contribution in [1.29, 1.82) is 0 Å². The first-order valence-electron chi connectivity index (χ1n) is 11.8. The maximum Gasteiger partial charge on any atom is 0.256 e. The van der Waals surface area contributed by atoms with Crippen molar-refractivity contribution in [2.75, 3.05) is 17.6 Å². The van der Waals surface area contributed by atoms with Crippen molar-refractivity contribution in [3.63, 3.8) is 0 Å². The molecule has 34 heavy (non-hydrogen) atoms. The Morgan fingerprint density at radius 1 is 1.03 bits per heavy atom. The number of carbonyl (C=O) groups excluding carboxylic acids is 2. The van der Waals surface area contributed by atoms with Crippen molar-refractivity contribution in [3.8, 4) is 11.3 Å². The van der Waals surface area contributed by atoms with Gasteiger partial charge in [0.05, 0.1) is 17.0 Å². The summed E-state index contributed by atoms with van der Waals surface area (Å²) in [6.45, 7) is 2.60. The van der Waals surface area contributed by atoms with Crippen molar-refractivity contribution >= 4 is 29.3 Å². The van der Waals surface area contributed by atoms with Crippen LogP contribution in [0.5, 0.6) is 0 Å². The Hall–Kier alpha value is -3.19. The molecule has 1 aromatic heterocycles. The first kappa shape index (κ1) is 24.0. The third-order valence-corrected chi connectivity index (χ3v) is 7.07. The van der Waals surface area contributed by atoms with Crippen LogP contribution in [0.3, 0.4) is 0 Å². The number of carbonyl (C=O) groups is 2. The molecule has 7 heteroatoms. The number of hydrogen-bond acceptors (Lipinski definition) is 5.